The Morgan fingerprint density at radius 1 is 1.50 bits per heavy atom. The Labute approximate surface area is 105 Å². The minimum atomic E-state index is -0.310. The van der Waals surface area contributed by atoms with Crippen molar-refractivity contribution in [1.29, 1.82) is 0 Å². The molecule has 1 heterocycles. The van der Waals surface area contributed by atoms with Crippen molar-refractivity contribution < 1.29 is 9.18 Å². The molecule has 0 saturated heterocycles. The maximum absolute atomic E-state index is 13.1. The fraction of sp³-hybridized carbons (Fsp3) is 0.308. The van der Waals surface area contributed by atoms with Crippen LogP contribution in [0.15, 0.2) is 24.3 Å². The van der Waals surface area contributed by atoms with E-state index in [1.807, 2.05) is 6.92 Å². The Morgan fingerprint density at radius 2 is 2.22 bits per heavy atom. The van der Waals surface area contributed by atoms with Crippen LogP contribution in [0.25, 0.3) is 10.9 Å². The summed E-state index contributed by atoms with van der Waals surface area (Å²) in [6, 6.07) is 6.03. The van der Waals surface area contributed by atoms with Gasteiger partial charge in [0.2, 0.25) is 0 Å². The summed E-state index contributed by atoms with van der Waals surface area (Å²) in [6.07, 6.45) is 0. The number of nitrogens with zero attached hydrogens (tertiary/aromatic N) is 1. The number of amides is 1. The highest BCUT2D eigenvalue weighted by molar-refractivity contribution is 5.98. The average Bonchev–Trinajstić information content (AvgIpc) is 2.63. The highest BCUT2D eigenvalue weighted by Gasteiger charge is 2.13. The molecule has 1 atom stereocenters. The number of halogens is 1. The van der Waals surface area contributed by atoms with Crippen LogP contribution in [0.2, 0.25) is 0 Å². The molecule has 0 aliphatic carbocycles. The Bertz CT molecular complexity index is 589. The van der Waals surface area contributed by atoms with Gasteiger partial charge in [-0.2, -0.15) is 0 Å². The predicted molar refractivity (Wildman–Crippen MR) is 68.9 cm³/mol. The molecule has 1 amide bonds. The van der Waals surface area contributed by atoms with Crippen LogP contribution in [0.3, 0.4) is 0 Å². The lowest BCUT2D eigenvalue weighted by molar-refractivity contribution is 0.0944. The van der Waals surface area contributed by atoms with E-state index in [4.69, 9.17) is 5.73 Å². The second-order valence-corrected chi connectivity index (χ2v) is 4.48. The zero-order valence-electron chi connectivity index (χ0n) is 10.4. The first-order valence-electron chi connectivity index (χ1n) is 5.78. The summed E-state index contributed by atoms with van der Waals surface area (Å²) in [7, 11) is 1.78. The van der Waals surface area contributed by atoms with E-state index in [-0.39, 0.29) is 17.8 Å². The normalized spacial score (nSPS) is 12.7. The smallest absolute Gasteiger partial charge is 0.267 e. The zero-order chi connectivity index (χ0) is 13.3. The molecule has 4 nitrogen and oxygen atoms in total. The van der Waals surface area contributed by atoms with Crippen LogP contribution in [0.4, 0.5) is 4.39 Å². The third kappa shape index (κ3) is 2.36. The maximum atomic E-state index is 13.1. The van der Waals surface area contributed by atoms with Crippen molar-refractivity contribution in [1.82, 2.24) is 9.88 Å². The van der Waals surface area contributed by atoms with Crippen LogP contribution in [0.1, 0.15) is 17.4 Å². The van der Waals surface area contributed by atoms with E-state index in [1.165, 1.54) is 12.1 Å². The van der Waals surface area contributed by atoms with Gasteiger partial charge in [-0.05, 0) is 31.2 Å². The van der Waals surface area contributed by atoms with E-state index in [2.05, 4.69) is 5.32 Å². The first-order valence-corrected chi connectivity index (χ1v) is 5.78. The third-order valence-corrected chi connectivity index (χ3v) is 2.82. The second-order valence-electron chi connectivity index (χ2n) is 4.48. The molecule has 2 aromatic rings. The van der Waals surface area contributed by atoms with Crippen molar-refractivity contribution in [3.05, 3.63) is 35.8 Å². The number of rotatable bonds is 3. The Hall–Kier alpha value is -1.88. The van der Waals surface area contributed by atoms with Gasteiger partial charge >= 0.3 is 0 Å². The summed E-state index contributed by atoms with van der Waals surface area (Å²) in [5.74, 6) is -0.512. The average molecular weight is 249 g/mol. The molecule has 0 fully saturated rings. The molecule has 1 aromatic carbocycles. The van der Waals surface area contributed by atoms with Gasteiger partial charge in [0.1, 0.15) is 11.5 Å². The molecule has 96 valence electrons. The van der Waals surface area contributed by atoms with E-state index in [0.29, 0.717) is 17.6 Å². The highest BCUT2D eigenvalue weighted by Crippen LogP contribution is 2.19. The number of nitrogens with two attached hydrogens (primary N) is 1. The molecule has 0 radical (unpaired) electrons. The van der Waals surface area contributed by atoms with Crippen molar-refractivity contribution in [3.63, 3.8) is 0 Å². The van der Waals surface area contributed by atoms with E-state index in [1.54, 1.807) is 23.7 Å². The minimum absolute atomic E-state index is 0.0962. The Morgan fingerprint density at radius 3 is 2.89 bits per heavy atom. The number of hydrogen-bond acceptors (Lipinski definition) is 2. The van der Waals surface area contributed by atoms with Gasteiger partial charge in [0.05, 0.1) is 0 Å². The lowest BCUT2D eigenvalue weighted by atomic mass is 10.2. The van der Waals surface area contributed by atoms with Gasteiger partial charge in [-0.25, -0.2) is 4.39 Å². The molecule has 1 unspecified atom stereocenters. The standard InChI is InChI=1S/C13H16FN3O/c1-8(15)7-16-13(18)12-6-9-5-10(14)3-4-11(9)17(12)2/h3-6,8H,7,15H2,1-2H3,(H,16,18). The van der Waals surface area contributed by atoms with E-state index in [0.717, 1.165) is 5.52 Å². The number of benzene rings is 1. The molecule has 0 spiro atoms. The number of aryl methyl sites for hydroxylation is 1. The molecule has 3 N–H and O–H groups in total. The van der Waals surface area contributed by atoms with Crippen molar-refractivity contribution >= 4 is 16.8 Å². The van der Waals surface area contributed by atoms with Crippen molar-refractivity contribution in [2.45, 2.75) is 13.0 Å². The second kappa shape index (κ2) is 4.78. The summed E-state index contributed by atoms with van der Waals surface area (Å²) >= 11 is 0. The SMILES string of the molecule is CC(N)CNC(=O)c1cc2cc(F)ccc2n1C. The fourth-order valence-corrected chi connectivity index (χ4v) is 1.88. The van der Waals surface area contributed by atoms with Gasteiger partial charge in [0, 0.05) is 30.5 Å². The molecular weight excluding hydrogens is 233 g/mol. The van der Waals surface area contributed by atoms with E-state index in [9.17, 15) is 9.18 Å². The lowest BCUT2D eigenvalue weighted by Gasteiger charge is -2.08. The number of carbonyl (C=O) groups excluding carboxylic acids is 1. The molecule has 5 heteroatoms. The molecule has 0 saturated carbocycles. The van der Waals surface area contributed by atoms with Crippen LogP contribution < -0.4 is 11.1 Å². The van der Waals surface area contributed by atoms with Gasteiger partial charge in [0.25, 0.3) is 5.91 Å². The van der Waals surface area contributed by atoms with Gasteiger partial charge in [0.15, 0.2) is 0 Å². The molecule has 0 aliphatic heterocycles. The number of nitrogens with one attached hydrogen (secondary N) is 1. The van der Waals surface area contributed by atoms with Crippen LogP contribution in [-0.2, 0) is 7.05 Å². The van der Waals surface area contributed by atoms with E-state index >= 15 is 0 Å². The van der Waals surface area contributed by atoms with Crippen molar-refractivity contribution in [2.75, 3.05) is 6.54 Å². The largest absolute Gasteiger partial charge is 0.349 e. The van der Waals surface area contributed by atoms with Crippen LogP contribution in [0.5, 0.6) is 0 Å². The monoisotopic (exact) mass is 249 g/mol. The lowest BCUT2D eigenvalue weighted by Crippen LogP contribution is -2.35. The van der Waals surface area contributed by atoms with E-state index < -0.39 is 0 Å². The molecule has 18 heavy (non-hydrogen) atoms. The topological polar surface area (TPSA) is 60.0 Å². The molecule has 0 bridgehead atoms. The summed E-state index contributed by atoms with van der Waals surface area (Å²) in [5, 5.41) is 3.45. The first-order chi connectivity index (χ1) is 8.49. The molecule has 1 aromatic heterocycles. The van der Waals surface area contributed by atoms with Gasteiger partial charge in [-0.3, -0.25) is 4.79 Å². The zero-order valence-corrected chi connectivity index (χ0v) is 10.4. The van der Waals surface area contributed by atoms with Crippen molar-refractivity contribution in [2.24, 2.45) is 12.8 Å². The number of aromatic nitrogens is 1. The van der Waals surface area contributed by atoms with Crippen LogP contribution >= 0.6 is 0 Å². The summed E-state index contributed by atoms with van der Waals surface area (Å²) in [5.41, 5.74) is 6.90. The third-order valence-electron chi connectivity index (χ3n) is 2.82. The summed E-state index contributed by atoms with van der Waals surface area (Å²) in [4.78, 5) is 11.9. The van der Waals surface area contributed by atoms with Crippen LogP contribution in [0, 0.1) is 5.82 Å². The predicted octanol–water partition coefficient (Wildman–Crippen LogP) is 1.39. The van der Waals surface area contributed by atoms with Crippen molar-refractivity contribution in [3.8, 4) is 0 Å². The first kappa shape index (κ1) is 12.6. The molecule has 0 aliphatic rings. The minimum Gasteiger partial charge on any atom is -0.349 e. The van der Waals surface area contributed by atoms with Gasteiger partial charge in [-0.15, -0.1) is 0 Å². The molecular formula is C13H16FN3O. The quantitative estimate of drug-likeness (QED) is 0.863. The number of fused-ring (bicyclic) bond motifs is 1. The Balaban J connectivity index is 2.33. The van der Waals surface area contributed by atoms with Gasteiger partial charge in [-0.1, -0.05) is 0 Å². The van der Waals surface area contributed by atoms with Gasteiger partial charge < -0.3 is 15.6 Å². The number of hydrogen-bond donors (Lipinski definition) is 2. The summed E-state index contributed by atoms with van der Waals surface area (Å²) < 4.78 is 14.8. The number of carbonyl (C=O) groups is 1. The summed E-state index contributed by atoms with van der Waals surface area (Å²) in [6.45, 7) is 2.23. The highest BCUT2D eigenvalue weighted by atomic mass is 19.1. The molecule has 2 rings (SSSR count). The van der Waals surface area contributed by atoms with Crippen LogP contribution in [-0.4, -0.2) is 23.1 Å². The maximum Gasteiger partial charge on any atom is 0.267 e. The fourth-order valence-electron chi connectivity index (χ4n) is 1.88. The Kier molecular flexibility index (Phi) is 3.34.